The highest BCUT2D eigenvalue weighted by molar-refractivity contribution is 5.69. The van der Waals surface area contributed by atoms with Crippen molar-refractivity contribution >= 4 is 11.4 Å². The Balaban J connectivity index is 2.14. The molecule has 4 nitrogen and oxygen atoms in total. The summed E-state index contributed by atoms with van der Waals surface area (Å²) in [6.07, 6.45) is 2.16. The number of benzene rings is 1. The zero-order valence-corrected chi connectivity index (χ0v) is 12.1. The molecule has 0 spiro atoms. The topological polar surface area (TPSA) is 55.4 Å². The van der Waals surface area contributed by atoms with Crippen LogP contribution in [0.1, 0.15) is 26.3 Å². The van der Waals surface area contributed by atoms with E-state index in [9.17, 15) is 9.59 Å². The molecule has 0 aliphatic carbocycles. The summed E-state index contributed by atoms with van der Waals surface area (Å²) < 4.78 is 4.88. The lowest BCUT2D eigenvalue weighted by atomic mass is 9.88. The van der Waals surface area contributed by atoms with Crippen LogP contribution in [0.25, 0.3) is 0 Å². The van der Waals surface area contributed by atoms with Gasteiger partial charge in [0.2, 0.25) is 0 Å². The van der Waals surface area contributed by atoms with Gasteiger partial charge in [-0.1, -0.05) is 32.9 Å². The Morgan fingerprint density at radius 3 is 2.15 bits per heavy atom. The molecule has 0 saturated heterocycles. The fourth-order valence-electron chi connectivity index (χ4n) is 1.99. The molecule has 2 aromatic carbocycles. The van der Waals surface area contributed by atoms with Gasteiger partial charge < -0.3 is 10.1 Å². The van der Waals surface area contributed by atoms with E-state index in [0.29, 0.717) is 0 Å². The van der Waals surface area contributed by atoms with Gasteiger partial charge in [-0.15, -0.1) is 0 Å². The summed E-state index contributed by atoms with van der Waals surface area (Å²) in [6, 6.07) is 7.67. The lowest BCUT2D eigenvalue weighted by molar-refractivity contribution is 0.408. The van der Waals surface area contributed by atoms with Crippen molar-refractivity contribution in [2.45, 2.75) is 20.8 Å². The highest BCUT2D eigenvalue weighted by atomic mass is 16.5. The standard InChI is InChI=1S/C16H18NO3/c1-16(2,3)9-10-5-7-11(8-6-10)17-12-13(18)14(19)15(12)20-4/h5-9,17H,1-4H3. The molecule has 20 heavy (non-hydrogen) atoms. The van der Waals surface area contributed by atoms with Crippen LogP contribution in [0.4, 0.5) is 11.4 Å². The summed E-state index contributed by atoms with van der Waals surface area (Å²) >= 11 is 0. The molecule has 0 unspecified atom stereocenters. The molecule has 0 amide bonds. The number of ether oxygens (including phenoxy) is 1. The molecule has 2 rings (SSSR count). The maximum atomic E-state index is 11.4. The normalized spacial score (nSPS) is 11.6. The van der Waals surface area contributed by atoms with Crippen LogP contribution in [0.2, 0.25) is 0 Å². The second kappa shape index (κ2) is 5.12. The molecule has 1 N–H and O–H groups in total. The van der Waals surface area contributed by atoms with Gasteiger partial charge in [0, 0.05) is 5.69 Å². The van der Waals surface area contributed by atoms with Gasteiger partial charge in [0.25, 0.3) is 10.9 Å². The average molecular weight is 272 g/mol. The van der Waals surface area contributed by atoms with E-state index in [0.717, 1.165) is 11.3 Å². The molecule has 0 bridgehead atoms. The van der Waals surface area contributed by atoms with Crippen molar-refractivity contribution in [2.24, 2.45) is 5.41 Å². The minimum Gasteiger partial charge on any atom is -0.491 e. The first kappa shape index (κ1) is 14.3. The van der Waals surface area contributed by atoms with E-state index in [1.165, 1.54) is 7.11 Å². The highest BCUT2D eigenvalue weighted by Crippen LogP contribution is 2.26. The van der Waals surface area contributed by atoms with E-state index in [1.54, 1.807) is 0 Å². The van der Waals surface area contributed by atoms with Crippen molar-refractivity contribution in [3.05, 3.63) is 56.7 Å². The maximum Gasteiger partial charge on any atom is 0.272 e. The van der Waals surface area contributed by atoms with Gasteiger partial charge >= 0.3 is 0 Å². The van der Waals surface area contributed by atoms with Gasteiger partial charge in [0.05, 0.1) is 7.11 Å². The van der Waals surface area contributed by atoms with Gasteiger partial charge in [-0.05, 0) is 29.5 Å². The average Bonchev–Trinajstić information content (AvgIpc) is 2.38. The summed E-state index contributed by atoms with van der Waals surface area (Å²) in [6.45, 7) is 6.40. The predicted molar refractivity (Wildman–Crippen MR) is 80.5 cm³/mol. The van der Waals surface area contributed by atoms with Crippen LogP contribution in [-0.4, -0.2) is 7.11 Å². The summed E-state index contributed by atoms with van der Waals surface area (Å²) in [7, 11) is 1.38. The first-order valence-electron chi connectivity index (χ1n) is 6.42. The minimum absolute atomic E-state index is 0.0975. The number of rotatable bonds is 4. The molecule has 0 saturated carbocycles. The molecular formula is C16H18NO3. The van der Waals surface area contributed by atoms with Crippen molar-refractivity contribution in [2.75, 3.05) is 12.4 Å². The molecule has 0 heterocycles. The number of anilines is 2. The van der Waals surface area contributed by atoms with Gasteiger partial charge in [0.1, 0.15) is 5.69 Å². The Hall–Kier alpha value is -2.10. The van der Waals surface area contributed by atoms with E-state index in [2.05, 4.69) is 32.5 Å². The van der Waals surface area contributed by atoms with Crippen molar-refractivity contribution in [3.8, 4) is 5.75 Å². The zero-order valence-electron chi connectivity index (χ0n) is 12.1. The zero-order chi connectivity index (χ0) is 14.9. The number of methoxy groups -OCH3 is 1. The van der Waals surface area contributed by atoms with Crippen LogP contribution >= 0.6 is 0 Å². The van der Waals surface area contributed by atoms with Crippen molar-refractivity contribution in [1.82, 2.24) is 0 Å². The van der Waals surface area contributed by atoms with Crippen LogP contribution in [0.15, 0.2) is 33.9 Å². The molecule has 0 fully saturated rings. The molecule has 0 aromatic heterocycles. The second-order valence-corrected chi connectivity index (χ2v) is 5.82. The number of hydrogen-bond acceptors (Lipinski definition) is 4. The highest BCUT2D eigenvalue weighted by Gasteiger charge is 2.21. The summed E-state index contributed by atoms with van der Waals surface area (Å²) in [5.74, 6) is 0.0975. The smallest absolute Gasteiger partial charge is 0.272 e. The van der Waals surface area contributed by atoms with Crippen molar-refractivity contribution < 1.29 is 4.74 Å². The molecule has 2 aromatic rings. The Morgan fingerprint density at radius 2 is 1.65 bits per heavy atom. The third kappa shape index (κ3) is 2.90. The van der Waals surface area contributed by atoms with E-state index in [-0.39, 0.29) is 16.9 Å². The lowest BCUT2D eigenvalue weighted by Gasteiger charge is -2.18. The molecule has 4 heteroatoms. The van der Waals surface area contributed by atoms with Crippen LogP contribution < -0.4 is 20.9 Å². The summed E-state index contributed by atoms with van der Waals surface area (Å²) in [4.78, 5) is 22.7. The van der Waals surface area contributed by atoms with Gasteiger partial charge in [-0.25, -0.2) is 0 Å². The fourth-order valence-corrected chi connectivity index (χ4v) is 1.99. The predicted octanol–water partition coefficient (Wildman–Crippen LogP) is 2.63. The molecule has 105 valence electrons. The third-order valence-electron chi connectivity index (χ3n) is 2.85. The monoisotopic (exact) mass is 272 g/mol. The Labute approximate surface area is 118 Å². The van der Waals surface area contributed by atoms with Crippen LogP contribution in [-0.2, 0) is 0 Å². The Bertz CT molecular complexity index is 671. The summed E-state index contributed by atoms with van der Waals surface area (Å²) in [5, 5.41) is 2.92. The van der Waals surface area contributed by atoms with Gasteiger partial charge in [-0.2, -0.15) is 0 Å². The molecule has 0 aliphatic rings. The summed E-state index contributed by atoms with van der Waals surface area (Å²) in [5.41, 5.74) is 1.09. The fraction of sp³-hybridized carbons (Fsp3) is 0.312. The van der Waals surface area contributed by atoms with E-state index in [4.69, 9.17) is 4.74 Å². The van der Waals surface area contributed by atoms with Gasteiger partial charge in [0.15, 0.2) is 5.75 Å². The van der Waals surface area contributed by atoms with Gasteiger partial charge in [-0.3, -0.25) is 9.59 Å². The third-order valence-corrected chi connectivity index (χ3v) is 2.85. The quantitative estimate of drug-likeness (QED) is 0.869. The van der Waals surface area contributed by atoms with E-state index < -0.39 is 10.9 Å². The minimum atomic E-state index is -0.576. The van der Waals surface area contributed by atoms with E-state index in [1.807, 2.05) is 24.3 Å². The SMILES string of the molecule is COc1c(Nc2ccc([CH]C(C)(C)C)cc2)c(=O)c1=O. The Morgan fingerprint density at radius 1 is 1.05 bits per heavy atom. The number of hydrogen-bond donors (Lipinski definition) is 1. The molecule has 1 radical (unpaired) electrons. The number of nitrogens with one attached hydrogen (secondary N) is 1. The first-order valence-corrected chi connectivity index (χ1v) is 6.42. The second-order valence-electron chi connectivity index (χ2n) is 5.82. The molecule has 0 atom stereocenters. The molecular weight excluding hydrogens is 254 g/mol. The van der Waals surface area contributed by atoms with Crippen LogP contribution in [0.5, 0.6) is 5.75 Å². The largest absolute Gasteiger partial charge is 0.491 e. The Kier molecular flexibility index (Phi) is 3.66. The van der Waals surface area contributed by atoms with E-state index >= 15 is 0 Å². The first-order chi connectivity index (χ1) is 9.31. The van der Waals surface area contributed by atoms with Crippen molar-refractivity contribution in [1.29, 1.82) is 0 Å². The van der Waals surface area contributed by atoms with Crippen molar-refractivity contribution in [3.63, 3.8) is 0 Å². The maximum absolute atomic E-state index is 11.4. The molecule has 0 aliphatic heterocycles. The van der Waals surface area contributed by atoms with Crippen LogP contribution in [0, 0.1) is 11.8 Å². The lowest BCUT2D eigenvalue weighted by Crippen LogP contribution is -2.34. The van der Waals surface area contributed by atoms with Crippen LogP contribution in [0.3, 0.4) is 0 Å².